The fourth-order valence-electron chi connectivity index (χ4n) is 3.00. The maximum atomic E-state index is 12.7. The number of carbonyl (C=O) groups is 1. The Morgan fingerprint density at radius 2 is 1.81 bits per heavy atom. The Balaban J connectivity index is 1.60. The van der Waals surface area contributed by atoms with Gasteiger partial charge in [-0.2, -0.15) is 4.72 Å². The van der Waals surface area contributed by atoms with E-state index in [1.54, 1.807) is 36.4 Å². The molecule has 0 saturated carbocycles. The quantitative estimate of drug-likeness (QED) is 0.815. The predicted molar refractivity (Wildman–Crippen MR) is 104 cm³/mol. The smallest absolute Gasteiger partial charge is 0.241 e. The minimum absolute atomic E-state index is 0.0390. The molecule has 0 spiro atoms. The van der Waals surface area contributed by atoms with Crippen LogP contribution in [0.15, 0.2) is 53.7 Å². The number of nitrogens with zero attached hydrogens (tertiary/aromatic N) is 3. The van der Waals surface area contributed by atoms with Crippen LogP contribution in [0.25, 0.3) is 0 Å². The van der Waals surface area contributed by atoms with Crippen molar-refractivity contribution in [3.63, 3.8) is 0 Å². The second-order valence-electron chi connectivity index (χ2n) is 6.32. The number of pyridine rings is 1. The first kappa shape index (κ1) is 19.6. The van der Waals surface area contributed by atoms with Crippen molar-refractivity contribution in [2.45, 2.75) is 17.9 Å². The lowest BCUT2D eigenvalue weighted by Gasteiger charge is -2.37. The average Bonchev–Trinajstić information content (AvgIpc) is 2.68. The van der Waals surface area contributed by atoms with Gasteiger partial charge in [0.1, 0.15) is 0 Å². The highest BCUT2D eigenvalue weighted by atomic mass is 35.5. The van der Waals surface area contributed by atoms with Crippen molar-refractivity contribution in [2.75, 3.05) is 31.1 Å². The number of aromatic nitrogens is 1. The van der Waals surface area contributed by atoms with Gasteiger partial charge >= 0.3 is 0 Å². The number of rotatable bonds is 5. The SMILES string of the molecule is C[C@H](NS(=O)(=O)c1cccc(Cl)c1)C(=O)N1CCN(c2ccncc2)CC1. The van der Waals surface area contributed by atoms with Gasteiger partial charge in [-0.3, -0.25) is 9.78 Å². The molecule has 0 aliphatic carbocycles. The van der Waals surface area contributed by atoms with Crippen molar-refractivity contribution in [3.05, 3.63) is 53.8 Å². The molecule has 2 heterocycles. The van der Waals surface area contributed by atoms with Crippen LogP contribution in [-0.4, -0.2) is 56.4 Å². The summed E-state index contributed by atoms with van der Waals surface area (Å²) in [5, 5.41) is 0.323. The fraction of sp³-hybridized carbons (Fsp3) is 0.333. The summed E-state index contributed by atoms with van der Waals surface area (Å²) in [6.07, 6.45) is 3.47. The molecule has 7 nitrogen and oxygen atoms in total. The molecule has 9 heteroatoms. The first-order valence-electron chi connectivity index (χ1n) is 8.58. The number of nitrogens with one attached hydrogen (secondary N) is 1. The molecule has 1 saturated heterocycles. The van der Waals surface area contributed by atoms with E-state index in [0.717, 1.165) is 5.69 Å². The second kappa shape index (κ2) is 8.24. The van der Waals surface area contributed by atoms with Crippen molar-refractivity contribution in [1.82, 2.24) is 14.6 Å². The van der Waals surface area contributed by atoms with Crippen LogP contribution in [0.3, 0.4) is 0 Å². The monoisotopic (exact) mass is 408 g/mol. The molecule has 0 unspecified atom stereocenters. The van der Waals surface area contributed by atoms with E-state index in [1.807, 2.05) is 12.1 Å². The molecule has 3 rings (SSSR count). The molecule has 0 radical (unpaired) electrons. The molecular weight excluding hydrogens is 388 g/mol. The molecule has 144 valence electrons. The van der Waals surface area contributed by atoms with E-state index in [-0.39, 0.29) is 10.8 Å². The van der Waals surface area contributed by atoms with Gasteiger partial charge in [0.25, 0.3) is 0 Å². The highest BCUT2D eigenvalue weighted by molar-refractivity contribution is 7.89. The molecule has 1 aliphatic heterocycles. The van der Waals surface area contributed by atoms with Crippen LogP contribution in [-0.2, 0) is 14.8 Å². The van der Waals surface area contributed by atoms with Crippen LogP contribution >= 0.6 is 11.6 Å². The molecular formula is C18H21ClN4O3S. The maximum absolute atomic E-state index is 12.7. The number of carbonyl (C=O) groups excluding carboxylic acids is 1. The fourth-order valence-corrected chi connectivity index (χ4v) is 4.50. The number of sulfonamides is 1. The standard InChI is InChI=1S/C18H21ClN4O3S/c1-14(21-27(25,26)17-4-2-3-15(19)13-17)18(24)23-11-9-22(10-12-23)16-5-7-20-8-6-16/h2-8,13-14,21H,9-12H2,1H3/t14-/m0/s1. The van der Waals surface area contributed by atoms with Gasteiger partial charge in [0, 0.05) is 49.3 Å². The number of amides is 1. The molecule has 1 atom stereocenters. The van der Waals surface area contributed by atoms with E-state index in [2.05, 4.69) is 14.6 Å². The number of benzene rings is 1. The van der Waals surface area contributed by atoms with Gasteiger partial charge in [-0.25, -0.2) is 8.42 Å². The lowest BCUT2D eigenvalue weighted by Crippen LogP contribution is -2.54. The minimum atomic E-state index is -3.82. The third kappa shape index (κ3) is 4.77. The van der Waals surface area contributed by atoms with E-state index in [0.29, 0.717) is 31.2 Å². The molecule has 1 aromatic heterocycles. The predicted octanol–water partition coefficient (Wildman–Crippen LogP) is 1.75. The Morgan fingerprint density at radius 1 is 1.15 bits per heavy atom. The molecule has 27 heavy (non-hydrogen) atoms. The summed E-state index contributed by atoms with van der Waals surface area (Å²) in [6, 6.07) is 8.95. The molecule has 2 aromatic rings. The Bertz CT molecular complexity index is 900. The summed E-state index contributed by atoms with van der Waals surface area (Å²) in [7, 11) is -3.82. The second-order valence-corrected chi connectivity index (χ2v) is 8.47. The number of halogens is 1. The Kier molecular flexibility index (Phi) is 5.98. The number of hydrogen-bond acceptors (Lipinski definition) is 5. The van der Waals surface area contributed by atoms with Crippen LogP contribution in [0, 0.1) is 0 Å². The lowest BCUT2D eigenvalue weighted by atomic mass is 10.2. The normalized spacial score (nSPS) is 16.2. The van der Waals surface area contributed by atoms with Gasteiger partial charge in [-0.05, 0) is 37.3 Å². The van der Waals surface area contributed by atoms with Crippen LogP contribution in [0.4, 0.5) is 5.69 Å². The average molecular weight is 409 g/mol. The molecule has 1 fully saturated rings. The van der Waals surface area contributed by atoms with E-state index in [1.165, 1.54) is 12.1 Å². The van der Waals surface area contributed by atoms with Crippen molar-refractivity contribution < 1.29 is 13.2 Å². The zero-order valence-electron chi connectivity index (χ0n) is 14.9. The summed E-state index contributed by atoms with van der Waals surface area (Å²) >= 11 is 5.86. The Hall–Kier alpha value is -2.16. The zero-order chi connectivity index (χ0) is 19.4. The molecule has 1 aromatic carbocycles. The number of anilines is 1. The van der Waals surface area contributed by atoms with Crippen LogP contribution < -0.4 is 9.62 Å². The number of piperazine rings is 1. The summed E-state index contributed by atoms with van der Waals surface area (Å²) in [6.45, 7) is 3.99. The molecule has 1 aliphatic rings. The zero-order valence-corrected chi connectivity index (χ0v) is 16.4. The van der Waals surface area contributed by atoms with E-state index < -0.39 is 16.1 Å². The van der Waals surface area contributed by atoms with E-state index in [9.17, 15) is 13.2 Å². The van der Waals surface area contributed by atoms with Gasteiger partial charge in [0.15, 0.2) is 0 Å². The highest BCUT2D eigenvalue weighted by Crippen LogP contribution is 2.17. The molecule has 1 N–H and O–H groups in total. The van der Waals surface area contributed by atoms with Crippen LogP contribution in [0.1, 0.15) is 6.92 Å². The van der Waals surface area contributed by atoms with Crippen molar-refractivity contribution in [3.8, 4) is 0 Å². The highest BCUT2D eigenvalue weighted by Gasteiger charge is 2.28. The summed E-state index contributed by atoms with van der Waals surface area (Å²) in [4.78, 5) is 20.6. The minimum Gasteiger partial charge on any atom is -0.368 e. The first-order chi connectivity index (χ1) is 12.9. The van der Waals surface area contributed by atoms with Gasteiger partial charge < -0.3 is 9.80 Å². The van der Waals surface area contributed by atoms with Crippen molar-refractivity contribution >= 4 is 33.2 Å². The van der Waals surface area contributed by atoms with Crippen molar-refractivity contribution in [1.29, 1.82) is 0 Å². The maximum Gasteiger partial charge on any atom is 0.241 e. The Labute approximate surface area is 164 Å². The van der Waals surface area contributed by atoms with Gasteiger partial charge in [-0.15, -0.1) is 0 Å². The topological polar surface area (TPSA) is 82.6 Å². The largest absolute Gasteiger partial charge is 0.368 e. The van der Waals surface area contributed by atoms with Gasteiger partial charge in [-0.1, -0.05) is 17.7 Å². The van der Waals surface area contributed by atoms with Crippen LogP contribution in [0.2, 0.25) is 5.02 Å². The van der Waals surface area contributed by atoms with Gasteiger partial charge in [0.2, 0.25) is 15.9 Å². The van der Waals surface area contributed by atoms with E-state index in [4.69, 9.17) is 11.6 Å². The van der Waals surface area contributed by atoms with Crippen LogP contribution in [0.5, 0.6) is 0 Å². The Morgan fingerprint density at radius 3 is 2.44 bits per heavy atom. The summed E-state index contributed by atoms with van der Waals surface area (Å²) in [5.74, 6) is -0.241. The molecule has 1 amide bonds. The van der Waals surface area contributed by atoms with Gasteiger partial charge in [0.05, 0.1) is 10.9 Å². The van der Waals surface area contributed by atoms with Crippen molar-refractivity contribution in [2.24, 2.45) is 0 Å². The lowest BCUT2D eigenvalue weighted by molar-refractivity contribution is -0.132. The third-order valence-corrected chi connectivity index (χ3v) is 6.20. The number of hydrogen-bond donors (Lipinski definition) is 1. The summed E-state index contributed by atoms with van der Waals surface area (Å²) in [5.41, 5.74) is 1.06. The summed E-state index contributed by atoms with van der Waals surface area (Å²) < 4.78 is 27.4. The third-order valence-electron chi connectivity index (χ3n) is 4.43. The first-order valence-corrected chi connectivity index (χ1v) is 10.4. The molecule has 0 bridgehead atoms. The van der Waals surface area contributed by atoms with E-state index >= 15 is 0 Å².